The summed E-state index contributed by atoms with van der Waals surface area (Å²) < 4.78 is 5.69. The second kappa shape index (κ2) is 8.59. The van der Waals surface area contributed by atoms with Crippen molar-refractivity contribution in [1.82, 2.24) is 4.90 Å². The summed E-state index contributed by atoms with van der Waals surface area (Å²) in [5.41, 5.74) is 6.66. The van der Waals surface area contributed by atoms with Gasteiger partial charge < -0.3 is 15.4 Å². The van der Waals surface area contributed by atoms with E-state index in [1.807, 2.05) is 38.2 Å². The summed E-state index contributed by atoms with van der Waals surface area (Å²) in [4.78, 5) is 13.6. The molecule has 1 atom stereocenters. The highest BCUT2D eigenvalue weighted by Gasteiger charge is 2.10. The van der Waals surface area contributed by atoms with Crippen LogP contribution in [-0.2, 0) is 4.79 Å². The van der Waals surface area contributed by atoms with Crippen molar-refractivity contribution in [3.05, 3.63) is 29.8 Å². The fourth-order valence-electron chi connectivity index (χ4n) is 1.81. The third-order valence-corrected chi connectivity index (χ3v) is 3.46. The number of carbonyl (C=O) groups excluding carboxylic acids is 1. The van der Waals surface area contributed by atoms with E-state index in [1.54, 1.807) is 4.90 Å². The number of hydrogen-bond donors (Lipinski definition) is 1. The summed E-state index contributed by atoms with van der Waals surface area (Å²) >= 11 is 0. The van der Waals surface area contributed by atoms with Crippen LogP contribution in [0.2, 0.25) is 0 Å². The molecule has 0 aliphatic rings. The molecular weight excluding hydrogens is 252 g/mol. The molecule has 4 nitrogen and oxygen atoms in total. The third kappa shape index (κ3) is 5.61. The first-order chi connectivity index (χ1) is 9.54. The molecule has 0 aliphatic carbocycles. The lowest BCUT2D eigenvalue weighted by Gasteiger charge is -2.19. The van der Waals surface area contributed by atoms with Crippen molar-refractivity contribution in [1.29, 1.82) is 0 Å². The Kier molecular flexibility index (Phi) is 7.09. The maximum absolute atomic E-state index is 11.9. The molecule has 20 heavy (non-hydrogen) atoms. The first-order valence-electron chi connectivity index (χ1n) is 7.17. The summed E-state index contributed by atoms with van der Waals surface area (Å²) in [6.07, 6.45) is 1.40. The molecule has 0 heterocycles. The van der Waals surface area contributed by atoms with Gasteiger partial charge in [0.25, 0.3) is 0 Å². The second-order valence-electron chi connectivity index (χ2n) is 5.31. The molecule has 4 heteroatoms. The minimum atomic E-state index is 0.152. The Morgan fingerprint density at radius 2 is 2.10 bits per heavy atom. The minimum absolute atomic E-state index is 0.152. The molecule has 1 rings (SSSR count). The maximum Gasteiger partial charge on any atom is 0.222 e. The monoisotopic (exact) mass is 278 g/mol. The van der Waals surface area contributed by atoms with E-state index in [0.717, 1.165) is 17.7 Å². The lowest BCUT2D eigenvalue weighted by Crippen LogP contribution is -2.31. The van der Waals surface area contributed by atoms with Crippen LogP contribution in [0.15, 0.2) is 24.3 Å². The summed E-state index contributed by atoms with van der Waals surface area (Å²) in [5.74, 6) is 1.43. The molecule has 1 aromatic rings. The highest BCUT2D eigenvalue weighted by Crippen LogP contribution is 2.15. The molecule has 0 saturated heterocycles. The zero-order chi connectivity index (χ0) is 15.0. The van der Waals surface area contributed by atoms with Crippen molar-refractivity contribution in [2.75, 3.05) is 26.7 Å². The fourth-order valence-corrected chi connectivity index (χ4v) is 1.81. The molecule has 0 aliphatic heterocycles. The predicted molar refractivity (Wildman–Crippen MR) is 81.8 cm³/mol. The van der Waals surface area contributed by atoms with E-state index in [0.29, 0.717) is 32.0 Å². The van der Waals surface area contributed by atoms with Crippen molar-refractivity contribution in [3.8, 4) is 5.75 Å². The van der Waals surface area contributed by atoms with Gasteiger partial charge >= 0.3 is 0 Å². The quantitative estimate of drug-likeness (QED) is 0.793. The van der Waals surface area contributed by atoms with Crippen molar-refractivity contribution < 1.29 is 9.53 Å². The molecule has 0 spiro atoms. The van der Waals surface area contributed by atoms with Gasteiger partial charge in [0, 0.05) is 13.5 Å². The fraction of sp³-hybridized carbons (Fsp3) is 0.562. The van der Waals surface area contributed by atoms with Crippen LogP contribution >= 0.6 is 0 Å². The Bertz CT molecular complexity index is 421. The van der Waals surface area contributed by atoms with Gasteiger partial charge in [0.1, 0.15) is 12.4 Å². The summed E-state index contributed by atoms with van der Waals surface area (Å²) in [7, 11) is 1.82. The third-order valence-electron chi connectivity index (χ3n) is 3.46. The Hall–Kier alpha value is -1.55. The normalized spacial score (nSPS) is 12.0. The van der Waals surface area contributed by atoms with E-state index in [2.05, 4.69) is 6.92 Å². The molecule has 0 fully saturated rings. The van der Waals surface area contributed by atoms with Crippen LogP contribution in [-0.4, -0.2) is 37.6 Å². The van der Waals surface area contributed by atoms with Gasteiger partial charge in [-0.15, -0.1) is 0 Å². The molecule has 1 unspecified atom stereocenters. The minimum Gasteiger partial charge on any atom is -0.491 e. The number of hydrogen-bond acceptors (Lipinski definition) is 3. The number of para-hydroxylation sites is 1. The number of benzene rings is 1. The van der Waals surface area contributed by atoms with Crippen molar-refractivity contribution in [2.45, 2.75) is 26.7 Å². The number of nitrogens with zero attached hydrogens (tertiary/aromatic N) is 1. The van der Waals surface area contributed by atoms with Gasteiger partial charge in [-0.2, -0.15) is 0 Å². The lowest BCUT2D eigenvalue weighted by atomic mass is 10.1. The Morgan fingerprint density at radius 3 is 2.75 bits per heavy atom. The van der Waals surface area contributed by atoms with Gasteiger partial charge in [0.15, 0.2) is 0 Å². The molecule has 1 amide bonds. The average molecular weight is 278 g/mol. The van der Waals surface area contributed by atoms with Crippen LogP contribution in [0.1, 0.15) is 25.3 Å². The van der Waals surface area contributed by atoms with Crippen LogP contribution in [0.5, 0.6) is 5.75 Å². The number of rotatable bonds is 8. The summed E-state index contributed by atoms with van der Waals surface area (Å²) in [6.45, 7) is 5.82. The van der Waals surface area contributed by atoms with E-state index in [9.17, 15) is 4.79 Å². The topological polar surface area (TPSA) is 55.6 Å². The zero-order valence-electron chi connectivity index (χ0n) is 12.8. The highest BCUT2D eigenvalue weighted by molar-refractivity contribution is 5.75. The number of amides is 1. The van der Waals surface area contributed by atoms with E-state index < -0.39 is 0 Å². The molecule has 0 radical (unpaired) electrons. The Labute approximate surface area is 121 Å². The van der Waals surface area contributed by atoms with Crippen LogP contribution in [0.25, 0.3) is 0 Å². The lowest BCUT2D eigenvalue weighted by molar-refractivity contribution is -0.130. The number of nitrogens with two attached hydrogens (primary N) is 1. The average Bonchev–Trinajstić information content (AvgIpc) is 2.46. The molecule has 0 bridgehead atoms. The van der Waals surface area contributed by atoms with Crippen LogP contribution < -0.4 is 10.5 Å². The van der Waals surface area contributed by atoms with Gasteiger partial charge in [-0.1, -0.05) is 25.1 Å². The summed E-state index contributed by atoms with van der Waals surface area (Å²) in [6, 6.07) is 7.89. The van der Waals surface area contributed by atoms with Gasteiger partial charge in [0.2, 0.25) is 5.91 Å². The zero-order valence-corrected chi connectivity index (χ0v) is 12.8. The predicted octanol–water partition coefficient (Wildman–Crippen LogP) is 2.21. The molecule has 1 aromatic carbocycles. The molecule has 2 N–H and O–H groups in total. The number of likely N-dealkylation sites (N-methyl/N-ethyl adjacent to an activating group) is 1. The number of carbonyl (C=O) groups is 1. The maximum atomic E-state index is 11.9. The highest BCUT2D eigenvalue weighted by atomic mass is 16.5. The second-order valence-corrected chi connectivity index (χ2v) is 5.31. The van der Waals surface area contributed by atoms with Crippen molar-refractivity contribution >= 4 is 5.91 Å². The molecule has 0 aromatic heterocycles. The van der Waals surface area contributed by atoms with E-state index in [-0.39, 0.29) is 5.91 Å². The van der Waals surface area contributed by atoms with E-state index in [1.165, 1.54) is 0 Å². The van der Waals surface area contributed by atoms with Gasteiger partial charge in [-0.3, -0.25) is 4.79 Å². The summed E-state index contributed by atoms with van der Waals surface area (Å²) in [5, 5.41) is 0. The van der Waals surface area contributed by atoms with E-state index >= 15 is 0 Å². The SMILES string of the molecule is Cc1ccccc1OCCN(C)C(=O)CCC(C)CN. The first-order valence-corrected chi connectivity index (χ1v) is 7.17. The Balaban J connectivity index is 2.27. The molecular formula is C16H26N2O2. The number of aryl methyl sites for hydroxylation is 1. The van der Waals surface area contributed by atoms with Crippen LogP contribution in [0, 0.1) is 12.8 Å². The first kappa shape index (κ1) is 16.5. The smallest absolute Gasteiger partial charge is 0.222 e. The van der Waals surface area contributed by atoms with Gasteiger partial charge in [-0.05, 0) is 37.4 Å². The number of ether oxygens (including phenoxy) is 1. The van der Waals surface area contributed by atoms with Crippen molar-refractivity contribution in [2.24, 2.45) is 11.7 Å². The molecule has 112 valence electrons. The van der Waals surface area contributed by atoms with Crippen LogP contribution in [0.3, 0.4) is 0 Å². The van der Waals surface area contributed by atoms with Crippen LogP contribution in [0.4, 0.5) is 0 Å². The standard InChI is InChI=1S/C16H26N2O2/c1-13(12-17)8-9-16(19)18(3)10-11-20-15-7-5-4-6-14(15)2/h4-7,13H,8-12,17H2,1-3H3. The van der Waals surface area contributed by atoms with Gasteiger partial charge in [-0.25, -0.2) is 0 Å². The molecule has 0 saturated carbocycles. The largest absolute Gasteiger partial charge is 0.491 e. The van der Waals surface area contributed by atoms with E-state index in [4.69, 9.17) is 10.5 Å². The van der Waals surface area contributed by atoms with Gasteiger partial charge in [0.05, 0.1) is 6.54 Å². The Morgan fingerprint density at radius 1 is 1.40 bits per heavy atom. The van der Waals surface area contributed by atoms with Crippen molar-refractivity contribution in [3.63, 3.8) is 0 Å².